The predicted molar refractivity (Wildman–Crippen MR) is 121 cm³/mol. The van der Waals surface area contributed by atoms with E-state index in [1.807, 2.05) is 0 Å². The standard InChI is InChI=1S/C20H29N7O3S/c1-4-30-18(28)17-14(2)21-20(31-17)24-19-22-15(26-7-5-25(3)6-8-26)13-16(23-19)27-9-11-29-12-10-27/h13H,4-12H2,1-3H3,(H,21,22,23,24). The van der Waals surface area contributed by atoms with Crippen molar-refractivity contribution in [3.8, 4) is 0 Å². The van der Waals surface area contributed by atoms with Crippen LogP contribution >= 0.6 is 11.3 Å². The summed E-state index contributed by atoms with van der Waals surface area (Å²) < 4.78 is 10.6. The Morgan fingerprint density at radius 3 is 2.39 bits per heavy atom. The van der Waals surface area contributed by atoms with E-state index >= 15 is 0 Å². The summed E-state index contributed by atoms with van der Waals surface area (Å²) in [6, 6.07) is 2.05. The summed E-state index contributed by atoms with van der Waals surface area (Å²) in [6.45, 7) is 10.7. The minimum absolute atomic E-state index is 0.331. The minimum Gasteiger partial charge on any atom is -0.462 e. The van der Waals surface area contributed by atoms with Crippen molar-refractivity contribution in [3.05, 3.63) is 16.6 Å². The number of likely N-dealkylation sites (N-methyl/N-ethyl adjacent to an activating group) is 1. The van der Waals surface area contributed by atoms with Crippen molar-refractivity contribution in [3.63, 3.8) is 0 Å². The van der Waals surface area contributed by atoms with Crippen LogP contribution < -0.4 is 15.1 Å². The van der Waals surface area contributed by atoms with Crippen molar-refractivity contribution in [1.29, 1.82) is 0 Å². The molecule has 0 amide bonds. The molecule has 0 radical (unpaired) electrons. The Balaban J connectivity index is 1.60. The van der Waals surface area contributed by atoms with E-state index in [9.17, 15) is 4.79 Å². The van der Waals surface area contributed by atoms with Gasteiger partial charge in [-0.25, -0.2) is 9.78 Å². The number of carbonyl (C=O) groups is 1. The van der Waals surface area contributed by atoms with Crippen LogP contribution in [0.15, 0.2) is 6.07 Å². The topological polar surface area (TPSA) is 95.9 Å². The van der Waals surface area contributed by atoms with E-state index < -0.39 is 0 Å². The van der Waals surface area contributed by atoms with Crippen molar-refractivity contribution < 1.29 is 14.3 Å². The molecule has 11 heteroatoms. The first kappa shape index (κ1) is 21.7. The Morgan fingerprint density at radius 2 is 1.74 bits per heavy atom. The van der Waals surface area contributed by atoms with Gasteiger partial charge in [0.05, 0.1) is 25.5 Å². The van der Waals surface area contributed by atoms with Crippen molar-refractivity contribution in [1.82, 2.24) is 19.9 Å². The monoisotopic (exact) mass is 447 g/mol. The molecule has 0 unspecified atom stereocenters. The average molecular weight is 448 g/mol. The highest BCUT2D eigenvalue weighted by molar-refractivity contribution is 7.17. The first-order chi connectivity index (χ1) is 15.0. The Bertz CT molecular complexity index is 908. The molecule has 10 nitrogen and oxygen atoms in total. The number of aryl methyl sites for hydroxylation is 1. The van der Waals surface area contributed by atoms with Crippen molar-refractivity contribution >= 4 is 40.0 Å². The maximum absolute atomic E-state index is 12.1. The fourth-order valence-electron chi connectivity index (χ4n) is 3.56. The minimum atomic E-state index is -0.355. The van der Waals surface area contributed by atoms with Gasteiger partial charge in [-0.3, -0.25) is 5.32 Å². The van der Waals surface area contributed by atoms with E-state index in [4.69, 9.17) is 19.4 Å². The molecule has 2 aromatic heterocycles. The zero-order chi connectivity index (χ0) is 21.8. The number of piperazine rings is 1. The summed E-state index contributed by atoms with van der Waals surface area (Å²) >= 11 is 1.25. The van der Waals surface area contributed by atoms with Gasteiger partial charge in [-0.15, -0.1) is 0 Å². The Labute approximate surface area is 186 Å². The molecule has 31 heavy (non-hydrogen) atoms. The van der Waals surface area contributed by atoms with Gasteiger partial charge in [0.1, 0.15) is 16.5 Å². The second-order valence-corrected chi connectivity index (χ2v) is 8.58. The smallest absolute Gasteiger partial charge is 0.350 e. The quantitative estimate of drug-likeness (QED) is 0.660. The number of nitrogens with zero attached hydrogens (tertiary/aromatic N) is 6. The lowest BCUT2D eigenvalue weighted by atomic mass is 10.3. The largest absolute Gasteiger partial charge is 0.462 e. The van der Waals surface area contributed by atoms with Crippen LogP contribution in [-0.2, 0) is 9.47 Å². The summed E-state index contributed by atoms with van der Waals surface area (Å²) in [5.74, 6) is 1.88. The van der Waals surface area contributed by atoms with E-state index in [0.29, 0.717) is 41.5 Å². The first-order valence-corrected chi connectivity index (χ1v) is 11.4. The number of hydrogen-bond acceptors (Lipinski definition) is 11. The molecule has 0 aromatic carbocycles. The van der Waals surface area contributed by atoms with Crippen LogP contribution in [0.3, 0.4) is 0 Å². The molecule has 168 valence electrons. The Morgan fingerprint density at radius 1 is 1.10 bits per heavy atom. The van der Waals surface area contributed by atoms with Crippen molar-refractivity contribution in [2.24, 2.45) is 0 Å². The SMILES string of the molecule is CCOC(=O)c1sc(Nc2nc(N3CCOCC3)cc(N3CCN(C)CC3)n2)nc1C. The fraction of sp³-hybridized carbons (Fsp3) is 0.600. The molecular formula is C20H29N7O3S. The van der Waals surface area contributed by atoms with Gasteiger partial charge in [-0.1, -0.05) is 11.3 Å². The highest BCUT2D eigenvalue weighted by Crippen LogP contribution is 2.28. The lowest BCUT2D eigenvalue weighted by Gasteiger charge is -2.34. The second-order valence-electron chi connectivity index (χ2n) is 7.58. The third-order valence-corrected chi connectivity index (χ3v) is 6.39. The number of morpholine rings is 1. The molecule has 2 aliphatic heterocycles. The lowest BCUT2D eigenvalue weighted by Crippen LogP contribution is -2.45. The van der Waals surface area contributed by atoms with E-state index in [1.54, 1.807) is 13.8 Å². The van der Waals surface area contributed by atoms with E-state index in [-0.39, 0.29) is 5.97 Å². The Kier molecular flexibility index (Phi) is 6.83. The van der Waals surface area contributed by atoms with E-state index in [0.717, 1.165) is 50.9 Å². The molecule has 2 aliphatic rings. The summed E-state index contributed by atoms with van der Waals surface area (Å²) in [7, 11) is 2.13. The van der Waals surface area contributed by atoms with Gasteiger partial charge in [0.2, 0.25) is 5.95 Å². The first-order valence-electron chi connectivity index (χ1n) is 10.6. The van der Waals surface area contributed by atoms with Crippen molar-refractivity contribution in [2.45, 2.75) is 13.8 Å². The summed E-state index contributed by atoms with van der Waals surface area (Å²) in [5.41, 5.74) is 0.634. The van der Waals surface area contributed by atoms with Gasteiger partial charge in [-0.2, -0.15) is 9.97 Å². The maximum atomic E-state index is 12.1. The summed E-state index contributed by atoms with van der Waals surface area (Å²) in [5, 5.41) is 3.79. The molecule has 0 bridgehead atoms. The molecule has 0 saturated carbocycles. The number of rotatable bonds is 6. The van der Waals surface area contributed by atoms with Crippen LogP contribution in [-0.4, -0.2) is 92.0 Å². The Hall–Kier alpha value is -2.50. The number of aromatic nitrogens is 3. The summed E-state index contributed by atoms with van der Waals surface area (Å²) in [4.78, 5) is 33.4. The zero-order valence-corrected chi connectivity index (χ0v) is 19.1. The van der Waals surface area contributed by atoms with Gasteiger partial charge in [0, 0.05) is 45.3 Å². The maximum Gasteiger partial charge on any atom is 0.350 e. The second kappa shape index (κ2) is 9.75. The molecular weight excluding hydrogens is 418 g/mol. The number of esters is 1. The summed E-state index contributed by atoms with van der Waals surface area (Å²) in [6.07, 6.45) is 0. The van der Waals surface area contributed by atoms with Gasteiger partial charge in [-0.05, 0) is 20.9 Å². The fourth-order valence-corrected chi connectivity index (χ4v) is 4.42. The zero-order valence-electron chi connectivity index (χ0n) is 18.3. The number of ether oxygens (including phenoxy) is 2. The lowest BCUT2D eigenvalue weighted by molar-refractivity contribution is 0.0531. The molecule has 0 atom stereocenters. The van der Waals surface area contributed by atoms with Gasteiger partial charge in [0.15, 0.2) is 5.13 Å². The third-order valence-electron chi connectivity index (χ3n) is 5.34. The van der Waals surface area contributed by atoms with Crippen LogP contribution in [0, 0.1) is 6.92 Å². The molecule has 1 N–H and O–H groups in total. The van der Waals surface area contributed by atoms with Crippen molar-refractivity contribution in [2.75, 3.05) is 81.3 Å². The van der Waals surface area contributed by atoms with Gasteiger partial charge in [0.25, 0.3) is 0 Å². The molecule has 2 aromatic rings. The number of anilines is 4. The van der Waals surface area contributed by atoms with Crippen LogP contribution in [0.2, 0.25) is 0 Å². The van der Waals surface area contributed by atoms with Crippen LogP contribution in [0.1, 0.15) is 22.3 Å². The normalized spacial score (nSPS) is 17.6. The van der Waals surface area contributed by atoms with Gasteiger partial charge < -0.3 is 24.2 Å². The molecule has 4 rings (SSSR count). The average Bonchev–Trinajstić information content (AvgIpc) is 3.15. The van der Waals surface area contributed by atoms with Crippen LogP contribution in [0.25, 0.3) is 0 Å². The third kappa shape index (κ3) is 5.23. The van der Waals surface area contributed by atoms with E-state index in [1.165, 1.54) is 11.3 Å². The molecule has 2 fully saturated rings. The molecule has 0 aliphatic carbocycles. The molecule has 2 saturated heterocycles. The van der Waals surface area contributed by atoms with Crippen LogP contribution in [0.5, 0.6) is 0 Å². The van der Waals surface area contributed by atoms with Crippen LogP contribution in [0.4, 0.5) is 22.7 Å². The molecule has 0 spiro atoms. The number of hydrogen-bond donors (Lipinski definition) is 1. The number of thiazole rings is 1. The predicted octanol–water partition coefficient (Wildman–Crippen LogP) is 1.75. The highest BCUT2D eigenvalue weighted by atomic mass is 32.1. The van der Waals surface area contributed by atoms with Gasteiger partial charge >= 0.3 is 5.97 Å². The highest BCUT2D eigenvalue weighted by Gasteiger charge is 2.22. The number of nitrogens with one attached hydrogen (secondary N) is 1. The molecule has 4 heterocycles. The van der Waals surface area contributed by atoms with E-state index in [2.05, 4.69) is 38.1 Å². The number of carbonyl (C=O) groups excluding carboxylic acids is 1.